The minimum Gasteiger partial charge on any atom is -0.279 e. The molecule has 1 aliphatic rings. The van der Waals surface area contributed by atoms with Crippen LogP contribution in [-0.2, 0) is 5.41 Å². The summed E-state index contributed by atoms with van der Waals surface area (Å²) in [6.45, 7) is 6.60. The number of para-hydroxylation sites is 1. The van der Waals surface area contributed by atoms with Crippen LogP contribution in [0.2, 0.25) is 0 Å². The summed E-state index contributed by atoms with van der Waals surface area (Å²) in [6.07, 6.45) is 0. The van der Waals surface area contributed by atoms with Gasteiger partial charge in [0.1, 0.15) is 5.82 Å². The Labute approximate surface area is 159 Å². The number of nitrogens with zero attached hydrogens (tertiary/aromatic N) is 3. The van der Waals surface area contributed by atoms with Gasteiger partial charge in [0.15, 0.2) is 5.82 Å². The van der Waals surface area contributed by atoms with Crippen molar-refractivity contribution in [3.8, 4) is 28.2 Å². The third-order valence-corrected chi connectivity index (χ3v) is 5.68. The van der Waals surface area contributed by atoms with Gasteiger partial charge < -0.3 is 0 Å². The van der Waals surface area contributed by atoms with E-state index in [4.69, 9.17) is 0 Å². The van der Waals surface area contributed by atoms with Crippen LogP contribution in [-0.4, -0.2) is 14.8 Å². The van der Waals surface area contributed by atoms with Crippen LogP contribution in [0.4, 0.5) is 0 Å². The Balaban J connectivity index is 1.70. The largest absolute Gasteiger partial charge is 0.279 e. The van der Waals surface area contributed by atoms with Crippen LogP contribution >= 0.6 is 0 Å². The molecular weight excluding hydrogens is 330 g/mol. The Kier molecular flexibility index (Phi) is 3.35. The smallest absolute Gasteiger partial charge is 0.168 e. The molecule has 3 heteroatoms. The fourth-order valence-corrected chi connectivity index (χ4v) is 4.28. The maximum absolute atomic E-state index is 4.50. The van der Waals surface area contributed by atoms with Gasteiger partial charge >= 0.3 is 0 Å². The lowest BCUT2D eigenvalue weighted by Gasteiger charge is -2.22. The molecule has 1 heterocycles. The summed E-state index contributed by atoms with van der Waals surface area (Å²) in [5.41, 5.74) is 7.55. The summed E-state index contributed by atoms with van der Waals surface area (Å²) in [5.74, 6) is 1.77. The molecule has 0 radical (unpaired) electrons. The average molecular weight is 351 g/mol. The van der Waals surface area contributed by atoms with Crippen molar-refractivity contribution in [2.45, 2.75) is 26.2 Å². The van der Waals surface area contributed by atoms with E-state index in [0.29, 0.717) is 0 Å². The van der Waals surface area contributed by atoms with Crippen LogP contribution in [0.3, 0.4) is 0 Å². The van der Waals surface area contributed by atoms with E-state index >= 15 is 0 Å². The first-order valence-corrected chi connectivity index (χ1v) is 9.29. The van der Waals surface area contributed by atoms with E-state index < -0.39 is 0 Å². The summed E-state index contributed by atoms with van der Waals surface area (Å²) in [6, 6.07) is 25.7. The molecule has 0 fully saturated rings. The molecule has 3 nitrogen and oxygen atoms in total. The molecule has 0 unspecified atom stereocenters. The standard InChI is InChI=1S/C24H21N3/c1-16-25-26-23(27(16)18-9-5-4-6-10-18)17-13-14-20-19-11-7-8-12-21(19)24(2,3)22(20)15-17/h4-15H,1-3H3. The van der Waals surface area contributed by atoms with Gasteiger partial charge in [-0.25, -0.2) is 0 Å². The molecule has 132 valence electrons. The van der Waals surface area contributed by atoms with Crippen LogP contribution in [0.15, 0.2) is 72.8 Å². The first-order chi connectivity index (χ1) is 13.1. The van der Waals surface area contributed by atoms with E-state index in [1.807, 2.05) is 25.1 Å². The molecule has 0 saturated heterocycles. The van der Waals surface area contributed by atoms with Gasteiger partial charge in [-0.1, -0.05) is 68.4 Å². The SMILES string of the molecule is Cc1nnc(-c2ccc3c(c2)C(C)(C)c2ccccc2-3)n1-c1ccccc1. The normalized spacial score (nSPS) is 14.0. The first kappa shape index (κ1) is 16.0. The number of benzene rings is 3. The zero-order chi connectivity index (χ0) is 18.6. The predicted octanol–water partition coefficient (Wildman–Crippen LogP) is 5.55. The van der Waals surface area contributed by atoms with E-state index in [1.54, 1.807) is 0 Å². The third-order valence-electron chi connectivity index (χ3n) is 5.68. The van der Waals surface area contributed by atoms with E-state index in [1.165, 1.54) is 22.3 Å². The first-order valence-electron chi connectivity index (χ1n) is 9.29. The lowest BCUT2D eigenvalue weighted by atomic mass is 9.82. The molecule has 0 amide bonds. The zero-order valence-electron chi connectivity index (χ0n) is 15.8. The molecule has 5 rings (SSSR count). The number of hydrogen-bond donors (Lipinski definition) is 0. The Morgan fingerprint density at radius 3 is 2.26 bits per heavy atom. The fraction of sp³-hybridized carbons (Fsp3) is 0.167. The highest BCUT2D eigenvalue weighted by molar-refractivity contribution is 5.83. The number of aryl methyl sites for hydroxylation is 1. The zero-order valence-corrected chi connectivity index (χ0v) is 15.8. The van der Waals surface area contributed by atoms with Gasteiger partial charge in [-0.05, 0) is 47.4 Å². The lowest BCUT2D eigenvalue weighted by molar-refractivity contribution is 0.660. The summed E-state index contributed by atoms with van der Waals surface area (Å²) in [7, 11) is 0. The quantitative estimate of drug-likeness (QED) is 0.474. The number of aromatic nitrogens is 3. The molecular formula is C24H21N3. The Morgan fingerprint density at radius 1 is 0.741 bits per heavy atom. The number of fused-ring (bicyclic) bond motifs is 3. The highest BCUT2D eigenvalue weighted by Crippen LogP contribution is 2.49. The predicted molar refractivity (Wildman–Crippen MR) is 109 cm³/mol. The second-order valence-electron chi connectivity index (χ2n) is 7.67. The molecule has 1 aliphatic carbocycles. The van der Waals surface area contributed by atoms with Crippen LogP contribution < -0.4 is 0 Å². The van der Waals surface area contributed by atoms with Crippen molar-refractivity contribution < 1.29 is 0 Å². The average Bonchev–Trinajstić information content (AvgIpc) is 3.19. The molecule has 1 aromatic heterocycles. The molecule has 0 N–H and O–H groups in total. The second-order valence-corrected chi connectivity index (χ2v) is 7.67. The van der Waals surface area contributed by atoms with E-state index in [2.05, 4.69) is 83.2 Å². The van der Waals surface area contributed by atoms with Gasteiger partial charge in [-0.15, -0.1) is 10.2 Å². The Bertz CT molecular complexity index is 1150. The molecule has 0 atom stereocenters. The van der Waals surface area contributed by atoms with Crippen molar-refractivity contribution in [1.82, 2.24) is 14.8 Å². The summed E-state index contributed by atoms with van der Waals surface area (Å²) >= 11 is 0. The van der Waals surface area contributed by atoms with Crippen molar-refractivity contribution >= 4 is 0 Å². The minimum absolute atomic E-state index is 0.0193. The van der Waals surface area contributed by atoms with Crippen LogP contribution in [0.25, 0.3) is 28.2 Å². The van der Waals surface area contributed by atoms with Gasteiger partial charge in [0.05, 0.1) is 0 Å². The summed E-state index contributed by atoms with van der Waals surface area (Å²) in [4.78, 5) is 0. The van der Waals surface area contributed by atoms with E-state index in [-0.39, 0.29) is 5.41 Å². The van der Waals surface area contributed by atoms with Gasteiger partial charge in [0.25, 0.3) is 0 Å². The maximum Gasteiger partial charge on any atom is 0.168 e. The summed E-state index contributed by atoms with van der Waals surface area (Å²) in [5, 5.41) is 8.85. The van der Waals surface area contributed by atoms with E-state index in [9.17, 15) is 0 Å². The summed E-state index contributed by atoms with van der Waals surface area (Å²) < 4.78 is 2.12. The van der Waals surface area contributed by atoms with Gasteiger partial charge in [-0.2, -0.15) is 0 Å². The minimum atomic E-state index is -0.0193. The van der Waals surface area contributed by atoms with Crippen LogP contribution in [0.1, 0.15) is 30.8 Å². The monoisotopic (exact) mass is 351 g/mol. The molecule has 0 spiro atoms. The molecule has 0 aliphatic heterocycles. The molecule has 0 bridgehead atoms. The van der Waals surface area contributed by atoms with Crippen molar-refractivity contribution in [2.75, 3.05) is 0 Å². The van der Waals surface area contributed by atoms with Crippen LogP contribution in [0, 0.1) is 6.92 Å². The number of rotatable bonds is 2. The van der Waals surface area contributed by atoms with Crippen molar-refractivity contribution in [2.24, 2.45) is 0 Å². The van der Waals surface area contributed by atoms with Crippen molar-refractivity contribution in [3.63, 3.8) is 0 Å². The van der Waals surface area contributed by atoms with Crippen LogP contribution in [0.5, 0.6) is 0 Å². The highest BCUT2D eigenvalue weighted by Gasteiger charge is 2.35. The van der Waals surface area contributed by atoms with E-state index in [0.717, 1.165) is 22.9 Å². The molecule has 4 aromatic rings. The number of hydrogen-bond acceptors (Lipinski definition) is 2. The van der Waals surface area contributed by atoms with Gasteiger partial charge in [-0.3, -0.25) is 4.57 Å². The fourth-order valence-electron chi connectivity index (χ4n) is 4.28. The van der Waals surface area contributed by atoms with Crippen molar-refractivity contribution in [1.29, 1.82) is 0 Å². The Hall–Kier alpha value is -3.20. The Morgan fingerprint density at radius 2 is 1.44 bits per heavy atom. The van der Waals surface area contributed by atoms with Crippen molar-refractivity contribution in [3.05, 3.63) is 89.7 Å². The van der Waals surface area contributed by atoms with Gasteiger partial charge in [0.2, 0.25) is 0 Å². The molecule has 27 heavy (non-hydrogen) atoms. The molecule has 3 aromatic carbocycles. The second kappa shape index (κ2) is 5.65. The molecule has 0 saturated carbocycles. The lowest BCUT2D eigenvalue weighted by Crippen LogP contribution is -2.15. The topological polar surface area (TPSA) is 30.7 Å². The maximum atomic E-state index is 4.50. The van der Waals surface area contributed by atoms with Gasteiger partial charge in [0, 0.05) is 16.7 Å². The third kappa shape index (κ3) is 2.28. The highest BCUT2D eigenvalue weighted by atomic mass is 15.3.